The first-order valence-electron chi connectivity index (χ1n) is 7.76. The first-order chi connectivity index (χ1) is 10.3. The second kappa shape index (κ2) is 6.41. The number of pyridine rings is 1. The quantitative estimate of drug-likeness (QED) is 0.937. The van der Waals surface area contributed by atoms with Crippen LogP contribution < -0.4 is 10.6 Å². The molecule has 1 aliphatic heterocycles. The second-order valence-corrected chi connectivity index (χ2v) is 5.53. The molecule has 2 heterocycles. The summed E-state index contributed by atoms with van der Waals surface area (Å²) >= 11 is 0. The van der Waals surface area contributed by atoms with E-state index in [2.05, 4.69) is 36.1 Å². The first kappa shape index (κ1) is 14.3. The molecule has 2 N–H and O–H groups in total. The van der Waals surface area contributed by atoms with Crippen molar-refractivity contribution in [1.29, 1.82) is 0 Å². The van der Waals surface area contributed by atoms with Gasteiger partial charge in [-0.3, -0.25) is 0 Å². The topological polar surface area (TPSA) is 51.4 Å². The predicted molar refractivity (Wildman–Crippen MR) is 86.7 cm³/mol. The van der Waals surface area contributed by atoms with Crippen molar-refractivity contribution < 1.29 is 4.74 Å². The molecule has 1 atom stereocenters. The lowest BCUT2D eigenvalue weighted by Gasteiger charge is -2.37. The van der Waals surface area contributed by atoms with Crippen LogP contribution in [-0.2, 0) is 11.2 Å². The molecule has 0 aliphatic carbocycles. The molecule has 2 aromatic rings. The third kappa shape index (κ3) is 2.87. The highest BCUT2D eigenvalue weighted by Gasteiger charge is 2.24. The van der Waals surface area contributed by atoms with E-state index in [-0.39, 0.29) is 0 Å². The molecule has 1 fully saturated rings. The van der Waals surface area contributed by atoms with Crippen LogP contribution in [0.2, 0.25) is 0 Å². The number of nitrogens with zero attached hydrogens (tertiary/aromatic N) is 2. The smallest absolute Gasteiger partial charge is 0.132 e. The number of ether oxygens (including phenoxy) is 1. The molecule has 1 saturated heterocycles. The molecular weight excluding hydrogens is 262 g/mol. The predicted octanol–water partition coefficient (Wildman–Crippen LogP) is 2.35. The van der Waals surface area contributed by atoms with Gasteiger partial charge in [-0.1, -0.05) is 25.1 Å². The normalized spacial score (nSPS) is 19.1. The Labute approximate surface area is 125 Å². The molecular formula is C17H23N3O. The van der Waals surface area contributed by atoms with Crippen LogP contribution in [0.15, 0.2) is 30.3 Å². The fourth-order valence-electron chi connectivity index (χ4n) is 3.01. The van der Waals surface area contributed by atoms with Crippen LogP contribution in [0.25, 0.3) is 10.9 Å². The first-order valence-corrected chi connectivity index (χ1v) is 7.76. The van der Waals surface area contributed by atoms with E-state index in [1.54, 1.807) is 0 Å². The van der Waals surface area contributed by atoms with Crippen molar-refractivity contribution >= 4 is 16.7 Å². The van der Waals surface area contributed by atoms with E-state index in [0.717, 1.165) is 43.9 Å². The summed E-state index contributed by atoms with van der Waals surface area (Å²) in [6.07, 6.45) is 1.93. The number of para-hydroxylation sites is 1. The summed E-state index contributed by atoms with van der Waals surface area (Å²) in [4.78, 5) is 7.33. The molecule has 112 valence electrons. The van der Waals surface area contributed by atoms with Crippen molar-refractivity contribution in [2.45, 2.75) is 25.8 Å². The number of hydrogen-bond acceptors (Lipinski definition) is 4. The van der Waals surface area contributed by atoms with Crippen LogP contribution in [0.4, 0.5) is 5.82 Å². The minimum Gasteiger partial charge on any atom is -0.377 e. The SMILES string of the molecule is CCC1COCCN1c1nc2ccccc2cc1CCN. The summed E-state index contributed by atoms with van der Waals surface area (Å²) in [5, 5.41) is 1.19. The monoisotopic (exact) mass is 285 g/mol. The van der Waals surface area contributed by atoms with Gasteiger partial charge in [0.25, 0.3) is 0 Å². The van der Waals surface area contributed by atoms with Gasteiger partial charge in [0.15, 0.2) is 0 Å². The summed E-state index contributed by atoms with van der Waals surface area (Å²) in [5.41, 5.74) is 8.10. The lowest BCUT2D eigenvalue weighted by atomic mass is 10.1. The molecule has 0 radical (unpaired) electrons. The number of benzene rings is 1. The maximum atomic E-state index is 5.80. The average molecular weight is 285 g/mol. The number of fused-ring (bicyclic) bond motifs is 1. The minimum absolute atomic E-state index is 0.406. The number of rotatable bonds is 4. The highest BCUT2D eigenvalue weighted by molar-refractivity contribution is 5.82. The molecule has 3 rings (SSSR count). The van der Waals surface area contributed by atoms with Crippen LogP contribution in [-0.4, -0.2) is 37.3 Å². The van der Waals surface area contributed by atoms with Gasteiger partial charge in [0.1, 0.15) is 5.82 Å². The Balaban J connectivity index is 2.07. The lowest BCUT2D eigenvalue weighted by molar-refractivity contribution is 0.0925. The van der Waals surface area contributed by atoms with Crippen LogP contribution in [0.1, 0.15) is 18.9 Å². The largest absolute Gasteiger partial charge is 0.377 e. The third-order valence-electron chi connectivity index (χ3n) is 4.16. The highest BCUT2D eigenvalue weighted by Crippen LogP contribution is 2.27. The van der Waals surface area contributed by atoms with Crippen molar-refractivity contribution in [2.75, 3.05) is 31.2 Å². The van der Waals surface area contributed by atoms with Gasteiger partial charge in [-0.25, -0.2) is 4.98 Å². The minimum atomic E-state index is 0.406. The molecule has 4 heteroatoms. The molecule has 1 aliphatic rings. The number of hydrogen-bond donors (Lipinski definition) is 1. The Morgan fingerprint density at radius 1 is 1.38 bits per heavy atom. The van der Waals surface area contributed by atoms with Gasteiger partial charge in [0, 0.05) is 11.9 Å². The van der Waals surface area contributed by atoms with Gasteiger partial charge in [-0.15, -0.1) is 0 Å². The van der Waals surface area contributed by atoms with E-state index >= 15 is 0 Å². The van der Waals surface area contributed by atoms with Crippen LogP contribution in [0.3, 0.4) is 0 Å². The number of anilines is 1. The van der Waals surface area contributed by atoms with E-state index in [4.69, 9.17) is 15.5 Å². The number of morpholine rings is 1. The number of aromatic nitrogens is 1. The maximum absolute atomic E-state index is 5.80. The zero-order chi connectivity index (χ0) is 14.7. The van der Waals surface area contributed by atoms with Crippen LogP contribution in [0, 0.1) is 0 Å². The Kier molecular flexibility index (Phi) is 4.36. The van der Waals surface area contributed by atoms with Gasteiger partial charge >= 0.3 is 0 Å². The van der Waals surface area contributed by atoms with E-state index < -0.39 is 0 Å². The van der Waals surface area contributed by atoms with Crippen LogP contribution in [0.5, 0.6) is 0 Å². The Morgan fingerprint density at radius 3 is 3.05 bits per heavy atom. The van der Waals surface area contributed by atoms with Crippen molar-refractivity contribution in [3.05, 3.63) is 35.9 Å². The van der Waals surface area contributed by atoms with E-state index in [9.17, 15) is 0 Å². The Morgan fingerprint density at radius 2 is 2.24 bits per heavy atom. The third-order valence-corrected chi connectivity index (χ3v) is 4.16. The van der Waals surface area contributed by atoms with Crippen molar-refractivity contribution in [3.8, 4) is 0 Å². The van der Waals surface area contributed by atoms with Gasteiger partial charge in [0.2, 0.25) is 0 Å². The highest BCUT2D eigenvalue weighted by atomic mass is 16.5. The van der Waals surface area contributed by atoms with E-state index in [1.165, 1.54) is 10.9 Å². The molecule has 0 saturated carbocycles. The molecule has 0 amide bonds. The molecule has 0 bridgehead atoms. The summed E-state index contributed by atoms with van der Waals surface area (Å²) in [5.74, 6) is 1.09. The van der Waals surface area contributed by atoms with Crippen LogP contribution >= 0.6 is 0 Å². The van der Waals surface area contributed by atoms with Crippen molar-refractivity contribution in [3.63, 3.8) is 0 Å². The van der Waals surface area contributed by atoms with Crippen molar-refractivity contribution in [1.82, 2.24) is 4.98 Å². The number of nitrogens with two attached hydrogens (primary N) is 1. The second-order valence-electron chi connectivity index (χ2n) is 5.53. The fourth-order valence-corrected chi connectivity index (χ4v) is 3.01. The zero-order valence-electron chi connectivity index (χ0n) is 12.6. The Hall–Kier alpha value is -1.65. The van der Waals surface area contributed by atoms with E-state index in [0.29, 0.717) is 12.6 Å². The van der Waals surface area contributed by atoms with Gasteiger partial charge in [-0.05, 0) is 37.1 Å². The zero-order valence-corrected chi connectivity index (χ0v) is 12.6. The van der Waals surface area contributed by atoms with Gasteiger partial charge < -0.3 is 15.4 Å². The van der Waals surface area contributed by atoms with Gasteiger partial charge in [-0.2, -0.15) is 0 Å². The summed E-state index contributed by atoms with van der Waals surface area (Å²) in [6, 6.07) is 10.9. The van der Waals surface area contributed by atoms with E-state index in [1.807, 2.05) is 6.07 Å². The lowest BCUT2D eigenvalue weighted by Crippen LogP contribution is -2.46. The van der Waals surface area contributed by atoms with Crippen molar-refractivity contribution in [2.24, 2.45) is 5.73 Å². The molecule has 1 aromatic carbocycles. The van der Waals surface area contributed by atoms with Gasteiger partial charge in [0.05, 0.1) is 24.8 Å². The fraction of sp³-hybridized carbons (Fsp3) is 0.471. The molecule has 0 spiro atoms. The standard InChI is InChI=1S/C17H23N3O/c1-2-15-12-21-10-9-20(15)17-14(7-8-18)11-13-5-3-4-6-16(13)19-17/h3-6,11,15H,2,7-10,12,18H2,1H3. The maximum Gasteiger partial charge on any atom is 0.132 e. The molecule has 21 heavy (non-hydrogen) atoms. The summed E-state index contributed by atoms with van der Waals surface area (Å²) < 4.78 is 5.62. The summed E-state index contributed by atoms with van der Waals surface area (Å²) in [7, 11) is 0. The molecule has 1 aromatic heterocycles. The summed E-state index contributed by atoms with van der Waals surface area (Å²) in [6.45, 7) is 5.31. The Bertz CT molecular complexity index is 614. The molecule has 1 unspecified atom stereocenters. The molecule has 4 nitrogen and oxygen atoms in total. The average Bonchev–Trinajstić information content (AvgIpc) is 2.54.